The molecule has 31 heavy (non-hydrogen) atoms. The summed E-state index contributed by atoms with van der Waals surface area (Å²) in [5.74, 6) is 2.15. The maximum Gasteiger partial charge on any atom is 0.267 e. The molecule has 3 aromatic rings. The topological polar surface area (TPSA) is 57.2 Å². The van der Waals surface area contributed by atoms with Crippen LogP contribution in [0.1, 0.15) is 17.2 Å². The summed E-state index contributed by atoms with van der Waals surface area (Å²) in [7, 11) is 1.59. The van der Waals surface area contributed by atoms with E-state index in [2.05, 4.69) is 0 Å². The van der Waals surface area contributed by atoms with E-state index in [1.165, 1.54) is 12.1 Å². The van der Waals surface area contributed by atoms with Crippen molar-refractivity contribution in [2.45, 2.75) is 18.7 Å². The minimum Gasteiger partial charge on any atom is -0.497 e. The number of amides is 1. The van der Waals surface area contributed by atoms with Gasteiger partial charge in [-0.15, -0.1) is 0 Å². The minimum atomic E-state index is -0.701. The summed E-state index contributed by atoms with van der Waals surface area (Å²) in [6.07, 6.45) is -0.701. The van der Waals surface area contributed by atoms with E-state index in [0.29, 0.717) is 29.5 Å². The third kappa shape index (κ3) is 3.63. The van der Waals surface area contributed by atoms with Crippen molar-refractivity contribution in [2.75, 3.05) is 13.9 Å². The molecule has 0 bridgehead atoms. The molecule has 2 aliphatic heterocycles. The summed E-state index contributed by atoms with van der Waals surface area (Å²) in [4.78, 5) is 14.7. The van der Waals surface area contributed by atoms with Gasteiger partial charge in [-0.2, -0.15) is 0 Å². The summed E-state index contributed by atoms with van der Waals surface area (Å²) in [5, 5.41) is 0. The van der Waals surface area contributed by atoms with Crippen molar-refractivity contribution >= 4 is 5.91 Å². The van der Waals surface area contributed by atoms with Crippen LogP contribution in [0.15, 0.2) is 66.7 Å². The van der Waals surface area contributed by atoms with Crippen LogP contribution >= 0.6 is 0 Å². The molecule has 2 atom stereocenters. The van der Waals surface area contributed by atoms with Crippen molar-refractivity contribution in [3.05, 3.63) is 83.7 Å². The smallest absolute Gasteiger partial charge is 0.267 e. The summed E-state index contributed by atoms with van der Waals surface area (Å²) in [5.41, 5.74) is 1.72. The molecule has 0 N–H and O–H groups in total. The van der Waals surface area contributed by atoms with Crippen LogP contribution in [0.2, 0.25) is 0 Å². The number of halogens is 1. The molecular formula is C24H20FNO5. The molecule has 158 valence electrons. The summed E-state index contributed by atoms with van der Waals surface area (Å²) >= 11 is 0. The Bertz CT molecular complexity index is 1100. The fourth-order valence-corrected chi connectivity index (χ4v) is 3.86. The molecule has 0 saturated carbocycles. The van der Waals surface area contributed by atoms with Crippen LogP contribution < -0.4 is 18.9 Å². The van der Waals surface area contributed by atoms with Crippen molar-refractivity contribution in [1.29, 1.82) is 0 Å². The first-order chi connectivity index (χ1) is 15.1. The molecule has 0 unspecified atom stereocenters. The molecular weight excluding hydrogens is 401 g/mol. The first-order valence-corrected chi connectivity index (χ1v) is 9.87. The van der Waals surface area contributed by atoms with Gasteiger partial charge in [-0.25, -0.2) is 4.39 Å². The van der Waals surface area contributed by atoms with Crippen LogP contribution in [0.5, 0.6) is 23.0 Å². The molecule has 3 aromatic carbocycles. The average molecular weight is 421 g/mol. The van der Waals surface area contributed by atoms with Gasteiger partial charge in [-0.05, 0) is 59.7 Å². The Morgan fingerprint density at radius 2 is 1.68 bits per heavy atom. The molecule has 1 fully saturated rings. The van der Waals surface area contributed by atoms with Crippen molar-refractivity contribution in [3.8, 4) is 23.0 Å². The van der Waals surface area contributed by atoms with Gasteiger partial charge in [0.05, 0.1) is 7.11 Å². The first-order valence-electron chi connectivity index (χ1n) is 9.87. The van der Waals surface area contributed by atoms with E-state index in [-0.39, 0.29) is 24.6 Å². The molecule has 0 aliphatic carbocycles. The van der Waals surface area contributed by atoms with E-state index < -0.39 is 6.10 Å². The van der Waals surface area contributed by atoms with E-state index in [9.17, 15) is 9.18 Å². The van der Waals surface area contributed by atoms with Crippen molar-refractivity contribution in [3.63, 3.8) is 0 Å². The first kappa shape index (κ1) is 19.2. The number of carbonyl (C=O) groups excluding carboxylic acids is 1. The van der Waals surface area contributed by atoms with E-state index >= 15 is 0 Å². The second-order valence-corrected chi connectivity index (χ2v) is 7.36. The predicted octanol–water partition coefficient (Wildman–Crippen LogP) is 4.09. The zero-order valence-corrected chi connectivity index (χ0v) is 16.8. The number of hydrogen-bond acceptors (Lipinski definition) is 5. The van der Waals surface area contributed by atoms with E-state index in [0.717, 1.165) is 11.1 Å². The van der Waals surface area contributed by atoms with Crippen LogP contribution in [-0.2, 0) is 11.3 Å². The number of likely N-dealkylation sites (tertiary alicyclic amines) is 1. The summed E-state index contributed by atoms with van der Waals surface area (Å²) < 4.78 is 35.5. The average Bonchev–Trinajstić information content (AvgIpc) is 3.27. The van der Waals surface area contributed by atoms with Crippen LogP contribution in [0.25, 0.3) is 0 Å². The molecule has 7 heteroatoms. The number of ether oxygens (including phenoxy) is 4. The largest absolute Gasteiger partial charge is 0.497 e. The number of benzene rings is 3. The Kier molecular flexibility index (Phi) is 4.86. The standard InChI is InChI=1S/C24H20FNO5/c1-28-18-7-9-19(10-8-18)31-23-22(16-3-5-17(25)6-4-16)26(24(23)27)13-15-2-11-20-21(12-15)30-14-29-20/h2-12,22-23H,13-14H2,1H3/t22-,23-/m1/s1. The highest BCUT2D eigenvalue weighted by Gasteiger charge is 2.50. The second-order valence-electron chi connectivity index (χ2n) is 7.36. The maximum atomic E-state index is 13.5. The molecule has 2 heterocycles. The third-order valence-corrected chi connectivity index (χ3v) is 5.47. The van der Waals surface area contributed by atoms with Crippen LogP contribution in [0, 0.1) is 5.82 Å². The Balaban J connectivity index is 1.40. The van der Waals surface area contributed by atoms with Gasteiger partial charge in [0, 0.05) is 6.54 Å². The van der Waals surface area contributed by atoms with E-state index in [1.807, 2.05) is 18.2 Å². The Morgan fingerprint density at radius 3 is 2.42 bits per heavy atom. The summed E-state index contributed by atoms with van der Waals surface area (Å²) in [6.45, 7) is 0.567. The third-order valence-electron chi connectivity index (χ3n) is 5.47. The highest BCUT2D eigenvalue weighted by Crippen LogP contribution is 2.40. The molecule has 5 rings (SSSR count). The molecule has 0 spiro atoms. The van der Waals surface area contributed by atoms with Gasteiger partial charge in [0.2, 0.25) is 12.9 Å². The molecule has 0 radical (unpaired) electrons. The highest BCUT2D eigenvalue weighted by atomic mass is 19.1. The Morgan fingerprint density at radius 1 is 0.968 bits per heavy atom. The lowest BCUT2D eigenvalue weighted by atomic mass is 9.89. The van der Waals surface area contributed by atoms with Crippen molar-refractivity contribution < 1.29 is 28.1 Å². The SMILES string of the molecule is COc1ccc(O[C@H]2C(=O)N(Cc3ccc4c(c3)OCO4)[C@@H]2c2ccc(F)cc2)cc1. The van der Waals surface area contributed by atoms with Gasteiger partial charge in [0.1, 0.15) is 23.4 Å². The van der Waals surface area contributed by atoms with Crippen molar-refractivity contribution in [1.82, 2.24) is 4.90 Å². The second kappa shape index (κ2) is 7.83. The zero-order valence-electron chi connectivity index (χ0n) is 16.8. The quantitative estimate of drug-likeness (QED) is 0.561. The van der Waals surface area contributed by atoms with Gasteiger partial charge in [0.25, 0.3) is 5.91 Å². The lowest BCUT2D eigenvalue weighted by molar-refractivity contribution is -0.165. The summed E-state index contributed by atoms with van der Waals surface area (Å²) in [6, 6.07) is 18.5. The lowest BCUT2D eigenvalue weighted by Gasteiger charge is -2.46. The van der Waals surface area contributed by atoms with E-state index in [4.69, 9.17) is 18.9 Å². The number of rotatable bonds is 6. The minimum absolute atomic E-state index is 0.136. The van der Waals surface area contributed by atoms with Crippen molar-refractivity contribution in [2.24, 2.45) is 0 Å². The Hall–Kier alpha value is -3.74. The maximum absolute atomic E-state index is 13.5. The van der Waals surface area contributed by atoms with Gasteiger partial charge in [0.15, 0.2) is 11.5 Å². The van der Waals surface area contributed by atoms with Crippen LogP contribution in [0.4, 0.5) is 4.39 Å². The monoisotopic (exact) mass is 421 g/mol. The van der Waals surface area contributed by atoms with Crippen LogP contribution in [0.3, 0.4) is 0 Å². The Labute approximate surface area is 178 Å². The molecule has 1 saturated heterocycles. The van der Waals surface area contributed by atoms with Gasteiger partial charge < -0.3 is 23.8 Å². The molecule has 6 nitrogen and oxygen atoms in total. The number of hydrogen-bond donors (Lipinski definition) is 0. The number of fused-ring (bicyclic) bond motifs is 1. The fraction of sp³-hybridized carbons (Fsp3) is 0.208. The van der Waals surface area contributed by atoms with Gasteiger partial charge in [-0.3, -0.25) is 4.79 Å². The molecule has 2 aliphatic rings. The predicted molar refractivity (Wildman–Crippen MR) is 110 cm³/mol. The number of nitrogens with zero attached hydrogens (tertiary/aromatic N) is 1. The fourth-order valence-electron chi connectivity index (χ4n) is 3.86. The lowest BCUT2D eigenvalue weighted by Crippen LogP contribution is -2.60. The van der Waals surface area contributed by atoms with Crippen LogP contribution in [-0.4, -0.2) is 30.8 Å². The van der Waals surface area contributed by atoms with Gasteiger partial charge >= 0.3 is 0 Å². The van der Waals surface area contributed by atoms with E-state index in [1.54, 1.807) is 48.4 Å². The number of carbonyl (C=O) groups is 1. The van der Waals surface area contributed by atoms with Gasteiger partial charge in [-0.1, -0.05) is 18.2 Å². The zero-order chi connectivity index (χ0) is 21.4. The molecule has 1 amide bonds. The number of methoxy groups -OCH3 is 1. The normalized spacial score (nSPS) is 19.2. The molecule has 0 aromatic heterocycles. The number of β-lactam (4-membered cyclic amide) rings is 1. The highest BCUT2D eigenvalue weighted by molar-refractivity contribution is 5.89.